The standard InChI is InChI=1S/C18H30N4O8S/c1-18(2,16(24)28-3)11-29-31(26,27)30-22-13-4-5-14(21(10-13)17(22)25)15(23)20-12-6-8-19-9-7-12/h12-14,19H,4-11H2,1-3H3,(H,20,23). The van der Waals surface area contributed by atoms with Crippen molar-refractivity contribution in [2.75, 3.05) is 33.4 Å². The lowest BCUT2D eigenvalue weighted by atomic mass is 9.95. The first-order valence-electron chi connectivity index (χ1n) is 10.3. The third-order valence-electron chi connectivity index (χ3n) is 5.78. The summed E-state index contributed by atoms with van der Waals surface area (Å²) >= 11 is 0. The lowest BCUT2D eigenvalue weighted by Crippen LogP contribution is -2.53. The summed E-state index contributed by atoms with van der Waals surface area (Å²) in [5.74, 6) is -0.885. The third kappa shape index (κ3) is 5.45. The molecule has 0 aromatic heterocycles. The van der Waals surface area contributed by atoms with Crippen molar-refractivity contribution in [2.24, 2.45) is 5.41 Å². The smallest absolute Gasteiger partial charge is 0.421 e. The Morgan fingerprint density at radius 1 is 1.19 bits per heavy atom. The van der Waals surface area contributed by atoms with Crippen molar-refractivity contribution >= 4 is 28.3 Å². The molecule has 2 atom stereocenters. The van der Waals surface area contributed by atoms with E-state index in [-0.39, 0.29) is 18.5 Å². The highest BCUT2D eigenvalue weighted by atomic mass is 32.3. The first kappa shape index (κ1) is 23.7. The zero-order valence-corrected chi connectivity index (χ0v) is 18.8. The summed E-state index contributed by atoms with van der Waals surface area (Å²) in [5.41, 5.74) is -1.22. The Balaban J connectivity index is 1.59. The molecule has 3 aliphatic rings. The number of hydroxylamine groups is 2. The number of ether oxygens (including phenoxy) is 1. The average molecular weight is 463 g/mol. The van der Waals surface area contributed by atoms with Crippen LogP contribution in [0.1, 0.15) is 39.5 Å². The number of methoxy groups -OCH3 is 1. The quantitative estimate of drug-likeness (QED) is 0.457. The van der Waals surface area contributed by atoms with Crippen LogP contribution in [0.5, 0.6) is 0 Å². The van der Waals surface area contributed by atoms with Crippen LogP contribution in [0.2, 0.25) is 0 Å². The molecule has 3 saturated heterocycles. The Morgan fingerprint density at radius 2 is 1.87 bits per heavy atom. The summed E-state index contributed by atoms with van der Waals surface area (Å²) in [7, 11) is -3.42. The second-order valence-corrected chi connectivity index (χ2v) is 9.86. The number of nitrogens with zero attached hydrogens (tertiary/aromatic N) is 2. The molecule has 0 radical (unpaired) electrons. The molecule has 2 unspecified atom stereocenters. The number of rotatable bonds is 8. The lowest BCUT2D eigenvalue weighted by molar-refractivity contribution is -0.152. The summed E-state index contributed by atoms with van der Waals surface area (Å²) in [6.45, 7) is 4.24. The number of esters is 1. The van der Waals surface area contributed by atoms with Gasteiger partial charge < -0.3 is 20.3 Å². The monoisotopic (exact) mass is 462 g/mol. The predicted octanol–water partition coefficient (Wildman–Crippen LogP) is -0.485. The Bertz CT molecular complexity index is 811. The fourth-order valence-corrected chi connectivity index (χ4v) is 4.81. The van der Waals surface area contributed by atoms with E-state index in [2.05, 4.69) is 15.4 Å². The van der Waals surface area contributed by atoms with Gasteiger partial charge in [0.15, 0.2) is 0 Å². The summed E-state index contributed by atoms with van der Waals surface area (Å²) in [4.78, 5) is 38.5. The van der Waals surface area contributed by atoms with Crippen molar-refractivity contribution in [3.05, 3.63) is 0 Å². The fraction of sp³-hybridized carbons (Fsp3) is 0.833. The molecule has 0 aromatic rings. The number of carbonyl (C=O) groups is 3. The molecule has 12 nitrogen and oxygen atoms in total. The molecule has 2 N–H and O–H groups in total. The number of hydrogen-bond acceptors (Lipinski definition) is 9. The Kier molecular flexibility index (Phi) is 7.08. The molecular formula is C18H30N4O8S. The summed E-state index contributed by atoms with van der Waals surface area (Å²) in [6, 6.07) is -1.83. The number of fused-ring (bicyclic) bond motifs is 2. The van der Waals surface area contributed by atoms with Crippen molar-refractivity contribution in [1.82, 2.24) is 20.6 Å². The summed E-state index contributed by atoms with van der Waals surface area (Å²) in [6.07, 6.45) is 2.46. The van der Waals surface area contributed by atoms with Gasteiger partial charge in [-0.1, -0.05) is 0 Å². The normalized spacial score (nSPS) is 24.9. The van der Waals surface area contributed by atoms with Crippen molar-refractivity contribution in [3.63, 3.8) is 0 Å². The molecule has 3 rings (SSSR count). The van der Waals surface area contributed by atoms with Gasteiger partial charge in [-0.3, -0.25) is 9.59 Å². The van der Waals surface area contributed by atoms with E-state index in [1.807, 2.05) is 0 Å². The molecule has 0 saturated carbocycles. The van der Waals surface area contributed by atoms with Gasteiger partial charge in [-0.25, -0.2) is 8.98 Å². The van der Waals surface area contributed by atoms with Gasteiger partial charge in [0.05, 0.1) is 25.2 Å². The zero-order valence-electron chi connectivity index (χ0n) is 18.0. The van der Waals surface area contributed by atoms with Gasteiger partial charge >= 0.3 is 22.4 Å². The van der Waals surface area contributed by atoms with E-state index >= 15 is 0 Å². The van der Waals surface area contributed by atoms with Crippen LogP contribution >= 0.6 is 0 Å². The first-order valence-corrected chi connectivity index (χ1v) is 11.7. The summed E-state index contributed by atoms with van der Waals surface area (Å²) < 4.78 is 38.8. The largest absolute Gasteiger partial charge is 0.469 e. The van der Waals surface area contributed by atoms with Gasteiger partial charge in [0.25, 0.3) is 0 Å². The molecule has 0 spiro atoms. The summed E-state index contributed by atoms with van der Waals surface area (Å²) in [5, 5.41) is 6.96. The predicted molar refractivity (Wildman–Crippen MR) is 107 cm³/mol. The van der Waals surface area contributed by atoms with E-state index in [1.165, 1.54) is 25.9 Å². The van der Waals surface area contributed by atoms with E-state index in [9.17, 15) is 22.8 Å². The van der Waals surface area contributed by atoms with Gasteiger partial charge in [-0.2, -0.15) is 13.5 Å². The van der Waals surface area contributed by atoms with Crippen LogP contribution in [0.15, 0.2) is 0 Å². The fourth-order valence-electron chi connectivity index (χ4n) is 3.94. The van der Waals surface area contributed by atoms with E-state index < -0.39 is 46.5 Å². The Labute approximate surface area is 181 Å². The molecule has 0 aromatic carbocycles. The maximum Gasteiger partial charge on any atom is 0.421 e. The second-order valence-electron chi connectivity index (χ2n) is 8.66. The number of amides is 3. The first-order chi connectivity index (χ1) is 14.5. The molecule has 176 valence electrons. The molecule has 31 heavy (non-hydrogen) atoms. The van der Waals surface area contributed by atoms with Crippen molar-refractivity contribution < 1.29 is 36.0 Å². The number of hydrogen-bond donors (Lipinski definition) is 2. The molecular weight excluding hydrogens is 432 g/mol. The number of nitrogens with one attached hydrogen (secondary N) is 2. The molecule has 13 heteroatoms. The highest BCUT2D eigenvalue weighted by molar-refractivity contribution is 7.81. The van der Waals surface area contributed by atoms with Crippen molar-refractivity contribution in [1.29, 1.82) is 0 Å². The van der Waals surface area contributed by atoms with Gasteiger partial charge in [0.1, 0.15) is 6.04 Å². The minimum Gasteiger partial charge on any atom is -0.469 e. The maximum absolute atomic E-state index is 12.8. The van der Waals surface area contributed by atoms with Crippen LogP contribution in [0.25, 0.3) is 0 Å². The molecule has 0 aliphatic carbocycles. The van der Waals surface area contributed by atoms with Gasteiger partial charge in [-0.05, 0) is 52.6 Å². The Morgan fingerprint density at radius 3 is 2.52 bits per heavy atom. The zero-order chi connectivity index (χ0) is 22.8. The molecule has 3 amide bonds. The maximum atomic E-state index is 12.8. The number of piperidine rings is 2. The van der Waals surface area contributed by atoms with Crippen molar-refractivity contribution in [3.8, 4) is 0 Å². The highest BCUT2D eigenvalue weighted by Crippen LogP contribution is 2.31. The molecule has 3 heterocycles. The number of carbonyl (C=O) groups excluding carboxylic acids is 3. The van der Waals surface area contributed by atoms with E-state index in [1.54, 1.807) is 0 Å². The third-order valence-corrected chi connectivity index (χ3v) is 6.53. The topological polar surface area (TPSA) is 144 Å². The van der Waals surface area contributed by atoms with E-state index in [0.717, 1.165) is 31.0 Å². The minimum absolute atomic E-state index is 0.0588. The van der Waals surface area contributed by atoms with Gasteiger partial charge in [0, 0.05) is 12.6 Å². The molecule has 3 aliphatic heterocycles. The average Bonchev–Trinajstić information content (AvgIpc) is 2.96. The van der Waals surface area contributed by atoms with Crippen LogP contribution in [0.4, 0.5) is 4.79 Å². The van der Waals surface area contributed by atoms with Gasteiger partial charge in [0.2, 0.25) is 5.91 Å². The van der Waals surface area contributed by atoms with E-state index in [0.29, 0.717) is 12.8 Å². The van der Waals surface area contributed by atoms with Crippen LogP contribution in [0.3, 0.4) is 0 Å². The highest BCUT2D eigenvalue weighted by Gasteiger charge is 2.50. The molecule has 2 bridgehead atoms. The Hall–Kier alpha value is -1.96. The lowest BCUT2D eigenvalue weighted by Gasteiger charge is -2.32. The second kappa shape index (κ2) is 9.27. The van der Waals surface area contributed by atoms with Gasteiger partial charge in [-0.15, -0.1) is 4.28 Å². The van der Waals surface area contributed by atoms with Crippen molar-refractivity contribution in [2.45, 2.75) is 57.7 Å². The van der Waals surface area contributed by atoms with E-state index in [4.69, 9.17) is 8.47 Å². The van der Waals surface area contributed by atoms with Crippen LogP contribution in [-0.4, -0.2) is 87.8 Å². The SMILES string of the molecule is COC(=O)C(C)(C)COS(=O)(=O)ON1C(=O)N2CC1CCC2C(=O)NC1CCNCC1. The molecule has 3 fully saturated rings. The van der Waals surface area contributed by atoms with Crippen LogP contribution in [-0.2, 0) is 33.2 Å². The van der Waals surface area contributed by atoms with Crippen LogP contribution < -0.4 is 10.6 Å². The van der Waals surface area contributed by atoms with Crippen LogP contribution in [0, 0.1) is 5.41 Å². The number of urea groups is 1. The minimum atomic E-state index is -4.61.